The Morgan fingerprint density at radius 1 is 0.434 bits per heavy atom. The van der Waals surface area contributed by atoms with Gasteiger partial charge in [-0.15, -0.1) is 0 Å². The molecule has 1 aliphatic rings. The Labute approximate surface area is 442 Å². The first-order valence-corrected chi connectivity index (χ1v) is 26.3. The SMILES string of the molecule is CCCCNc1nc(N)nc(Nc2cc3c(OCCC)c(c2)Cc2cc([N+](=O)[O-])cc(c2OCCC)Cc2cc(Nc4nc(N)nc(NCCCC)n4)cc(c2OCCC)Cc2cc([N+](=O)[O-])cc(c2OCCC)C3)n1. The molecule has 8 N–H and O–H groups in total. The average molecular weight is 1040 g/mol. The number of nitro groups is 2. The highest BCUT2D eigenvalue weighted by molar-refractivity contribution is 5.68. The fraction of sp³-hybridized carbons (Fsp3) is 0.444. The summed E-state index contributed by atoms with van der Waals surface area (Å²) in [5, 5.41) is 39.2. The van der Waals surface area contributed by atoms with E-state index in [2.05, 4.69) is 65.0 Å². The van der Waals surface area contributed by atoms with Crippen LogP contribution in [0.2, 0.25) is 0 Å². The van der Waals surface area contributed by atoms with Gasteiger partial charge in [0.25, 0.3) is 11.4 Å². The van der Waals surface area contributed by atoms with E-state index in [1.54, 1.807) is 24.3 Å². The van der Waals surface area contributed by atoms with Crippen molar-refractivity contribution in [2.75, 3.05) is 72.3 Å². The van der Waals surface area contributed by atoms with Gasteiger partial charge in [0.1, 0.15) is 23.0 Å². The van der Waals surface area contributed by atoms with Crippen molar-refractivity contribution in [3.05, 3.63) is 113 Å². The Hall–Kier alpha value is -8.30. The second-order valence-corrected chi connectivity index (χ2v) is 18.5. The number of nitro benzene ring substituents is 2. The van der Waals surface area contributed by atoms with Crippen LogP contribution < -0.4 is 51.7 Å². The summed E-state index contributed by atoms with van der Waals surface area (Å²) in [6.07, 6.45) is 6.70. The monoisotopic (exact) mass is 1040 g/mol. The summed E-state index contributed by atoms with van der Waals surface area (Å²) in [7, 11) is 0. The van der Waals surface area contributed by atoms with Gasteiger partial charge >= 0.3 is 0 Å². The maximum Gasteiger partial charge on any atom is 0.270 e. The Balaban J connectivity index is 1.53. The molecule has 0 saturated carbocycles. The van der Waals surface area contributed by atoms with E-state index in [0.717, 1.165) is 25.7 Å². The Morgan fingerprint density at radius 2 is 0.711 bits per heavy atom. The van der Waals surface area contributed by atoms with Gasteiger partial charge in [0.2, 0.25) is 35.7 Å². The summed E-state index contributed by atoms with van der Waals surface area (Å²) in [4.78, 5) is 51.9. The molecule has 6 aromatic rings. The van der Waals surface area contributed by atoms with Gasteiger partial charge < -0.3 is 51.7 Å². The molecule has 76 heavy (non-hydrogen) atoms. The van der Waals surface area contributed by atoms with Gasteiger partial charge in [-0.3, -0.25) is 20.2 Å². The van der Waals surface area contributed by atoms with Gasteiger partial charge in [0.15, 0.2) is 0 Å². The minimum Gasteiger partial charge on any atom is -0.493 e. The average Bonchev–Trinajstić information content (AvgIpc) is 3.37. The second kappa shape index (κ2) is 26.8. The van der Waals surface area contributed by atoms with Gasteiger partial charge in [-0.05, 0) is 62.8 Å². The Bertz CT molecular complexity index is 2700. The molecule has 22 nitrogen and oxygen atoms in total. The molecule has 7 rings (SSSR count). The molecular weight excluding hydrogens is 973 g/mol. The largest absolute Gasteiger partial charge is 0.493 e. The zero-order valence-electron chi connectivity index (χ0n) is 44.3. The summed E-state index contributed by atoms with van der Waals surface area (Å²) in [6.45, 7) is 14.7. The number of nitrogen functional groups attached to an aromatic ring is 2. The fourth-order valence-corrected chi connectivity index (χ4v) is 8.83. The molecule has 0 unspecified atom stereocenters. The first kappa shape index (κ1) is 55.5. The first-order chi connectivity index (χ1) is 36.8. The maximum absolute atomic E-state index is 13.0. The van der Waals surface area contributed by atoms with Crippen LogP contribution >= 0.6 is 0 Å². The maximum atomic E-state index is 13.0. The molecule has 0 aliphatic heterocycles. The molecule has 0 saturated heterocycles. The van der Waals surface area contributed by atoms with Crippen LogP contribution in [0.25, 0.3) is 0 Å². The molecule has 2 heterocycles. The number of ether oxygens (including phenoxy) is 4. The third-order valence-electron chi connectivity index (χ3n) is 12.1. The first-order valence-electron chi connectivity index (χ1n) is 26.3. The van der Waals surface area contributed by atoms with Gasteiger partial charge in [-0.2, -0.15) is 29.9 Å². The van der Waals surface area contributed by atoms with Crippen molar-refractivity contribution < 1.29 is 28.8 Å². The molecule has 8 bridgehead atoms. The van der Waals surface area contributed by atoms with Crippen LogP contribution in [0.4, 0.5) is 58.4 Å². The lowest BCUT2D eigenvalue weighted by molar-refractivity contribution is -0.385. The summed E-state index contributed by atoms with van der Waals surface area (Å²) in [6, 6.07) is 13.7. The molecule has 0 spiro atoms. The highest BCUT2D eigenvalue weighted by Gasteiger charge is 2.28. The van der Waals surface area contributed by atoms with Crippen molar-refractivity contribution >= 4 is 58.4 Å². The number of benzene rings is 4. The molecular formula is C54H70N14O8. The minimum atomic E-state index is -0.406. The van der Waals surface area contributed by atoms with Crippen molar-refractivity contribution in [2.45, 2.75) is 119 Å². The van der Waals surface area contributed by atoms with Crippen LogP contribution in [0.5, 0.6) is 23.0 Å². The number of fused-ring (bicyclic) bond motifs is 8. The predicted molar refractivity (Wildman–Crippen MR) is 295 cm³/mol. The normalized spacial score (nSPS) is 11.9. The van der Waals surface area contributed by atoms with E-state index in [1.807, 2.05) is 52.0 Å². The fourth-order valence-electron chi connectivity index (χ4n) is 8.83. The second-order valence-electron chi connectivity index (χ2n) is 18.5. The number of non-ortho nitro benzene ring substituents is 2. The molecule has 1 aliphatic carbocycles. The zero-order chi connectivity index (χ0) is 54.1. The molecule has 4 aromatic carbocycles. The smallest absolute Gasteiger partial charge is 0.270 e. The van der Waals surface area contributed by atoms with Crippen molar-refractivity contribution in [1.82, 2.24) is 29.9 Å². The lowest BCUT2D eigenvalue weighted by Crippen LogP contribution is -2.12. The number of hydrogen-bond acceptors (Lipinski definition) is 20. The van der Waals surface area contributed by atoms with E-state index < -0.39 is 9.85 Å². The summed E-state index contributed by atoms with van der Waals surface area (Å²) in [5.41, 5.74) is 17.9. The molecule has 0 atom stereocenters. The molecule has 404 valence electrons. The lowest BCUT2D eigenvalue weighted by atomic mass is 9.90. The lowest BCUT2D eigenvalue weighted by Gasteiger charge is -2.24. The van der Waals surface area contributed by atoms with Crippen LogP contribution in [0, 0.1) is 20.2 Å². The highest BCUT2D eigenvalue weighted by Crippen LogP contribution is 2.43. The number of rotatable bonds is 26. The van der Waals surface area contributed by atoms with Crippen LogP contribution in [0.15, 0.2) is 48.5 Å². The number of nitrogens with one attached hydrogen (secondary N) is 4. The van der Waals surface area contributed by atoms with Gasteiger partial charge in [-0.1, -0.05) is 54.4 Å². The Morgan fingerprint density at radius 3 is 0.974 bits per heavy atom. The van der Waals surface area contributed by atoms with Crippen molar-refractivity contribution in [3.8, 4) is 23.0 Å². The third-order valence-corrected chi connectivity index (χ3v) is 12.1. The number of anilines is 8. The molecule has 0 radical (unpaired) electrons. The van der Waals surface area contributed by atoms with Crippen LogP contribution in [0.1, 0.15) is 137 Å². The van der Waals surface area contributed by atoms with E-state index in [0.29, 0.717) is 156 Å². The van der Waals surface area contributed by atoms with E-state index in [-0.39, 0.29) is 60.9 Å². The van der Waals surface area contributed by atoms with E-state index in [1.165, 1.54) is 0 Å². The molecule has 22 heteroatoms. The number of nitrogens with zero attached hydrogens (tertiary/aromatic N) is 8. The van der Waals surface area contributed by atoms with Crippen molar-refractivity contribution in [3.63, 3.8) is 0 Å². The topological polar surface area (TPSA) is 301 Å². The number of hydrogen-bond donors (Lipinski definition) is 6. The summed E-state index contributed by atoms with van der Waals surface area (Å²) < 4.78 is 26.7. The van der Waals surface area contributed by atoms with E-state index >= 15 is 0 Å². The Kier molecular flexibility index (Phi) is 19.5. The minimum absolute atomic E-state index is 0.000553. The predicted octanol–water partition coefficient (Wildman–Crippen LogP) is 10.8. The van der Waals surface area contributed by atoms with Crippen LogP contribution in [-0.4, -0.2) is 79.3 Å². The van der Waals surface area contributed by atoms with Gasteiger partial charge in [0, 0.05) is 119 Å². The van der Waals surface area contributed by atoms with E-state index in [4.69, 9.17) is 30.4 Å². The standard InChI is InChI=1S/C54H70N14O8/c1-7-13-15-57-51-61-49(55)63-53(65-51)59-41-25-33-21-37-29-43(67(69)70)31-39(47(37)75-19-11-5)23-35-27-42(60-54-64-50(56)62-52(66-54)58-16-14-8-2)28-36(46(35)74-18-10-4)24-40-32-44(68(71)72)30-38(48(40)76-20-12-6)22-34(26-41)45(33)73-17-9-3/h25-32H,7-24H2,1-6H3,(H4,55,57,59,61,63,65)(H4,56,58,60,62,64,66). The van der Waals surface area contributed by atoms with E-state index in [9.17, 15) is 20.2 Å². The summed E-state index contributed by atoms with van der Waals surface area (Å²) in [5.74, 6) is 2.88. The highest BCUT2D eigenvalue weighted by atomic mass is 16.6. The zero-order valence-corrected chi connectivity index (χ0v) is 44.3. The van der Waals surface area contributed by atoms with Gasteiger partial charge in [0.05, 0.1) is 36.3 Å². The van der Waals surface area contributed by atoms with Crippen LogP contribution in [-0.2, 0) is 25.7 Å². The van der Waals surface area contributed by atoms with Gasteiger partial charge in [-0.25, -0.2) is 0 Å². The molecule has 2 aromatic heterocycles. The quantitative estimate of drug-likeness (QED) is 0.0167. The van der Waals surface area contributed by atoms with Crippen molar-refractivity contribution in [2.24, 2.45) is 0 Å². The van der Waals surface area contributed by atoms with Crippen molar-refractivity contribution in [1.29, 1.82) is 0 Å². The molecule has 0 amide bonds. The third kappa shape index (κ3) is 14.5. The molecule has 0 fully saturated rings. The number of aromatic nitrogens is 6. The van der Waals surface area contributed by atoms with Crippen LogP contribution in [0.3, 0.4) is 0 Å². The number of nitrogens with two attached hydrogens (primary N) is 2. The number of unbranched alkanes of at least 4 members (excludes halogenated alkanes) is 2. The summed E-state index contributed by atoms with van der Waals surface area (Å²) >= 11 is 0.